The molecule has 0 saturated heterocycles. The maximum absolute atomic E-state index is 11.8. The zero-order chi connectivity index (χ0) is 18.2. The van der Waals surface area contributed by atoms with Crippen molar-refractivity contribution in [3.8, 4) is 11.4 Å². The van der Waals surface area contributed by atoms with E-state index in [4.69, 9.17) is 0 Å². The lowest BCUT2D eigenvalue weighted by molar-refractivity contribution is 0.0698. The molecule has 0 atom stereocenters. The van der Waals surface area contributed by atoms with Gasteiger partial charge in [-0.15, -0.1) is 0 Å². The Morgan fingerprint density at radius 1 is 1.24 bits per heavy atom. The Morgan fingerprint density at radius 2 is 1.92 bits per heavy atom. The molecule has 0 aliphatic carbocycles. The third-order valence-corrected chi connectivity index (χ3v) is 5.19. The summed E-state index contributed by atoms with van der Waals surface area (Å²) in [7, 11) is -1.78. The van der Waals surface area contributed by atoms with Crippen LogP contribution < -0.4 is 4.72 Å². The summed E-state index contributed by atoms with van der Waals surface area (Å²) in [5.41, 5.74) is 1.86. The van der Waals surface area contributed by atoms with Crippen molar-refractivity contribution in [2.45, 2.75) is 6.92 Å². The molecule has 0 spiro atoms. The van der Waals surface area contributed by atoms with E-state index in [0.29, 0.717) is 16.9 Å². The second-order valence-corrected chi connectivity index (χ2v) is 7.57. The maximum atomic E-state index is 11.8. The number of sulfonamides is 1. The van der Waals surface area contributed by atoms with Gasteiger partial charge in [0, 0.05) is 12.6 Å². The van der Waals surface area contributed by atoms with Crippen LogP contribution in [0.25, 0.3) is 22.4 Å². The molecule has 2 aromatic carbocycles. The highest BCUT2D eigenvalue weighted by molar-refractivity contribution is 7.92. The van der Waals surface area contributed by atoms with Gasteiger partial charge in [-0.05, 0) is 19.1 Å². The van der Waals surface area contributed by atoms with Crippen LogP contribution in [-0.2, 0) is 17.1 Å². The molecule has 130 valence electrons. The number of aromatic nitrogens is 2. The molecule has 7 nitrogen and oxygen atoms in total. The van der Waals surface area contributed by atoms with Crippen LogP contribution in [0.15, 0.2) is 42.5 Å². The van der Waals surface area contributed by atoms with Crippen LogP contribution in [0.5, 0.6) is 0 Å². The molecule has 25 heavy (non-hydrogen) atoms. The van der Waals surface area contributed by atoms with Crippen molar-refractivity contribution < 1.29 is 18.3 Å². The summed E-state index contributed by atoms with van der Waals surface area (Å²) >= 11 is 0. The van der Waals surface area contributed by atoms with Crippen LogP contribution >= 0.6 is 0 Å². The highest BCUT2D eigenvalue weighted by Gasteiger charge is 2.19. The van der Waals surface area contributed by atoms with Crippen LogP contribution in [-0.4, -0.2) is 34.8 Å². The summed E-state index contributed by atoms with van der Waals surface area (Å²) in [4.78, 5) is 16.2. The molecule has 0 bridgehead atoms. The third kappa shape index (κ3) is 3.20. The van der Waals surface area contributed by atoms with Gasteiger partial charge in [-0.25, -0.2) is 18.2 Å². The lowest BCUT2D eigenvalue weighted by Crippen LogP contribution is -2.15. The minimum Gasteiger partial charge on any atom is -0.478 e. The number of benzene rings is 2. The van der Waals surface area contributed by atoms with E-state index in [1.54, 1.807) is 17.7 Å². The molecule has 1 heterocycles. The van der Waals surface area contributed by atoms with E-state index in [1.807, 2.05) is 30.3 Å². The molecule has 0 saturated carbocycles. The molecule has 2 N–H and O–H groups in total. The van der Waals surface area contributed by atoms with Crippen molar-refractivity contribution in [1.29, 1.82) is 0 Å². The third-order valence-electron chi connectivity index (χ3n) is 3.89. The number of nitrogens with zero attached hydrogens (tertiary/aromatic N) is 2. The number of rotatable bonds is 5. The van der Waals surface area contributed by atoms with Crippen LogP contribution in [0.3, 0.4) is 0 Å². The van der Waals surface area contributed by atoms with Gasteiger partial charge in [0.05, 0.1) is 28.0 Å². The average Bonchev–Trinajstić information content (AvgIpc) is 2.91. The van der Waals surface area contributed by atoms with E-state index in [-0.39, 0.29) is 17.0 Å². The van der Waals surface area contributed by atoms with E-state index < -0.39 is 16.0 Å². The summed E-state index contributed by atoms with van der Waals surface area (Å²) < 4.78 is 27.7. The normalized spacial score (nSPS) is 11.6. The predicted molar refractivity (Wildman–Crippen MR) is 96.2 cm³/mol. The second-order valence-electron chi connectivity index (χ2n) is 5.56. The molecule has 0 amide bonds. The van der Waals surface area contributed by atoms with Gasteiger partial charge >= 0.3 is 5.97 Å². The van der Waals surface area contributed by atoms with Crippen molar-refractivity contribution in [2.24, 2.45) is 7.05 Å². The van der Waals surface area contributed by atoms with E-state index in [0.717, 1.165) is 5.56 Å². The number of carboxylic acids is 1. The zero-order valence-corrected chi connectivity index (χ0v) is 14.5. The van der Waals surface area contributed by atoms with E-state index in [9.17, 15) is 18.3 Å². The standard InChI is InChI=1S/C17H17N3O4S/c1-3-25(23,24)19-12-9-13(17(21)22)15-14(10-12)18-16(20(15)2)11-7-5-4-6-8-11/h4-10,19H,3H2,1-2H3,(H,21,22). The monoisotopic (exact) mass is 359 g/mol. The molecule has 0 aliphatic rings. The number of aryl methyl sites for hydroxylation is 1. The number of fused-ring (bicyclic) bond motifs is 1. The van der Waals surface area contributed by atoms with Crippen molar-refractivity contribution in [1.82, 2.24) is 9.55 Å². The van der Waals surface area contributed by atoms with Crippen LogP contribution in [0, 0.1) is 0 Å². The molecule has 8 heteroatoms. The number of carboxylic acid groups (broad SMARTS) is 1. The summed E-state index contributed by atoms with van der Waals surface area (Å²) in [5, 5.41) is 9.55. The average molecular weight is 359 g/mol. The fraction of sp³-hybridized carbons (Fsp3) is 0.176. The van der Waals surface area contributed by atoms with Gasteiger partial charge in [0.1, 0.15) is 5.82 Å². The molecule has 0 fully saturated rings. The highest BCUT2D eigenvalue weighted by atomic mass is 32.2. The van der Waals surface area contributed by atoms with Gasteiger partial charge in [0.15, 0.2) is 0 Å². The number of aromatic carboxylic acids is 1. The van der Waals surface area contributed by atoms with Crippen LogP contribution in [0.2, 0.25) is 0 Å². The molecule has 1 aromatic heterocycles. The molecular weight excluding hydrogens is 342 g/mol. The van der Waals surface area contributed by atoms with E-state index in [1.165, 1.54) is 13.0 Å². The summed E-state index contributed by atoms with van der Waals surface area (Å²) in [5.74, 6) is -0.649. The Labute approximate surface area is 145 Å². The number of anilines is 1. The number of carbonyl (C=O) groups is 1. The molecule has 0 aliphatic heterocycles. The zero-order valence-electron chi connectivity index (χ0n) is 13.7. The molecule has 3 rings (SSSR count). The first-order valence-electron chi connectivity index (χ1n) is 7.62. The van der Waals surface area contributed by atoms with Crippen molar-refractivity contribution >= 4 is 32.7 Å². The highest BCUT2D eigenvalue weighted by Crippen LogP contribution is 2.29. The van der Waals surface area contributed by atoms with E-state index >= 15 is 0 Å². The second kappa shape index (κ2) is 6.21. The Kier molecular flexibility index (Phi) is 4.22. The lowest BCUT2D eigenvalue weighted by Gasteiger charge is -2.08. The van der Waals surface area contributed by atoms with Gasteiger partial charge in [0.2, 0.25) is 10.0 Å². The van der Waals surface area contributed by atoms with Crippen molar-refractivity contribution in [3.05, 3.63) is 48.0 Å². The Bertz CT molecular complexity index is 1060. The van der Waals surface area contributed by atoms with Crippen LogP contribution in [0.1, 0.15) is 17.3 Å². The van der Waals surface area contributed by atoms with Gasteiger partial charge < -0.3 is 9.67 Å². The number of hydrogen-bond donors (Lipinski definition) is 2. The largest absolute Gasteiger partial charge is 0.478 e. The van der Waals surface area contributed by atoms with E-state index in [2.05, 4.69) is 9.71 Å². The fourth-order valence-corrected chi connectivity index (χ4v) is 3.29. The topological polar surface area (TPSA) is 101 Å². The van der Waals surface area contributed by atoms with Gasteiger partial charge in [0.25, 0.3) is 0 Å². The molecular formula is C17H17N3O4S. The van der Waals surface area contributed by atoms with Crippen molar-refractivity contribution in [2.75, 3.05) is 10.5 Å². The predicted octanol–water partition coefficient (Wildman–Crippen LogP) is 2.70. The van der Waals surface area contributed by atoms with Gasteiger partial charge in [-0.2, -0.15) is 0 Å². The van der Waals surface area contributed by atoms with Crippen molar-refractivity contribution in [3.63, 3.8) is 0 Å². The SMILES string of the molecule is CCS(=O)(=O)Nc1cc(C(=O)O)c2c(c1)nc(-c1ccccc1)n2C. The lowest BCUT2D eigenvalue weighted by atomic mass is 10.1. The Balaban J connectivity index is 2.25. The minimum atomic E-state index is -3.52. The Hall–Kier alpha value is -2.87. The number of hydrogen-bond acceptors (Lipinski definition) is 4. The fourth-order valence-electron chi connectivity index (χ4n) is 2.67. The summed E-state index contributed by atoms with van der Waals surface area (Å²) in [6, 6.07) is 12.2. The Morgan fingerprint density at radius 3 is 2.52 bits per heavy atom. The summed E-state index contributed by atoms with van der Waals surface area (Å²) in [6.07, 6.45) is 0. The smallest absolute Gasteiger partial charge is 0.337 e. The summed E-state index contributed by atoms with van der Waals surface area (Å²) in [6.45, 7) is 1.51. The first-order valence-corrected chi connectivity index (χ1v) is 9.27. The first kappa shape index (κ1) is 17.0. The molecule has 3 aromatic rings. The van der Waals surface area contributed by atoms with Gasteiger partial charge in [-0.3, -0.25) is 4.72 Å². The maximum Gasteiger partial charge on any atom is 0.337 e. The molecule has 0 radical (unpaired) electrons. The quantitative estimate of drug-likeness (QED) is 0.729. The van der Waals surface area contributed by atoms with Gasteiger partial charge in [-0.1, -0.05) is 30.3 Å². The minimum absolute atomic E-state index is 0.0107. The number of imidazole rings is 1. The molecule has 0 unspecified atom stereocenters. The number of nitrogens with one attached hydrogen (secondary N) is 1. The first-order chi connectivity index (χ1) is 11.8. The van der Waals surface area contributed by atoms with Crippen LogP contribution in [0.4, 0.5) is 5.69 Å².